The van der Waals surface area contributed by atoms with Crippen molar-refractivity contribution >= 4 is 23.6 Å². The molecule has 5 heteroatoms. The number of carboxylic acid groups (broad SMARTS) is 1. The second-order valence-electron chi connectivity index (χ2n) is 5.15. The Morgan fingerprint density at radius 1 is 1.43 bits per heavy atom. The van der Waals surface area contributed by atoms with Crippen LogP contribution in [0.4, 0.5) is 5.69 Å². The molecule has 21 heavy (non-hydrogen) atoms. The summed E-state index contributed by atoms with van der Waals surface area (Å²) in [6.45, 7) is 3.07. The van der Waals surface area contributed by atoms with Crippen LogP contribution < -0.4 is 5.32 Å². The lowest BCUT2D eigenvalue weighted by atomic mass is 10.0. The molecule has 1 aliphatic heterocycles. The van der Waals surface area contributed by atoms with Crippen LogP contribution in [0.5, 0.6) is 0 Å². The van der Waals surface area contributed by atoms with E-state index in [1.807, 2.05) is 19.1 Å². The van der Waals surface area contributed by atoms with Crippen molar-refractivity contribution < 1.29 is 19.4 Å². The fraction of sp³-hybridized carbons (Fsp3) is 0.375. The van der Waals surface area contributed by atoms with Gasteiger partial charge in [-0.25, -0.2) is 4.79 Å². The summed E-state index contributed by atoms with van der Waals surface area (Å²) in [5.41, 5.74) is 2.39. The molecule has 1 amide bonds. The Kier molecular flexibility index (Phi) is 5.11. The van der Waals surface area contributed by atoms with Gasteiger partial charge in [-0.1, -0.05) is 6.07 Å². The van der Waals surface area contributed by atoms with Gasteiger partial charge in [0, 0.05) is 18.4 Å². The van der Waals surface area contributed by atoms with E-state index in [1.165, 1.54) is 6.08 Å². The Morgan fingerprint density at radius 3 is 2.90 bits per heavy atom. The van der Waals surface area contributed by atoms with E-state index >= 15 is 0 Å². The van der Waals surface area contributed by atoms with Crippen LogP contribution in [0.1, 0.15) is 24.0 Å². The Balaban J connectivity index is 2.07. The van der Waals surface area contributed by atoms with E-state index in [0.29, 0.717) is 12.3 Å². The first-order valence-electron chi connectivity index (χ1n) is 6.96. The van der Waals surface area contributed by atoms with Crippen LogP contribution in [0.25, 0.3) is 6.08 Å². The first kappa shape index (κ1) is 15.3. The van der Waals surface area contributed by atoms with E-state index in [9.17, 15) is 9.59 Å². The molecular weight excluding hydrogens is 270 g/mol. The summed E-state index contributed by atoms with van der Waals surface area (Å²) in [4.78, 5) is 22.7. The van der Waals surface area contributed by atoms with Gasteiger partial charge in [-0.2, -0.15) is 0 Å². The van der Waals surface area contributed by atoms with Crippen LogP contribution in [0.15, 0.2) is 24.3 Å². The van der Waals surface area contributed by atoms with Crippen molar-refractivity contribution in [1.29, 1.82) is 0 Å². The second-order valence-corrected chi connectivity index (χ2v) is 5.15. The third-order valence-electron chi connectivity index (χ3n) is 3.48. The number of rotatable bonds is 4. The van der Waals surface area contributed by atoms with Crippen molar-refractivity contribution in [3.05, 3.63) is 35.4 Å². The quantitative estimate of drug-likeness (QED) is 0.835. The summed E-state index contributed by atoms with van der Waals surface area (Å²) in [6, 6.07) is 5.44. The van der Waals surface area contributed by atoms with Crippen molar-refractivity contribution in [2.75, 3.05) is 18.5 Å². The van der Waals surface area contributed by atoms with Gasteiger partial charge in [-0.05, 0) is 49.1 Å². The van der Waals surface area contributed by atoms with Crippen LogP contribution in [0.3, 0.4) is 0 Å². The van der Waals surface area contributed by atoms with Crippen LogP contribution >= 0.6 is 0 Å². The largest absolute Gasteiger partial charge is 0.478 e. The molecule has 0 radical (unpaired) electrons. The molecule has 0 aliphatic carbocycles. The van der Waals surface area contributed by atoms with E-state index in [1.54, 1.807) is 6.07 Å². The van der Waals surface area contributed by atoms with Crippen LogP contribution in [0.2, 0.25) is 0 Å². The van der Waals surface area contributed by atoms with Gasteiger partial charge < -0.3 is 15.2 Å². The molecule has 1 aromatic carbocycles. The summed E-state index contributed by atoms with van der Waals surface area (Å²) in [7, 11) is 0. The number of carboxylic acids is 1. The molecule has 1 fully saturated rings. The minimum Gasteiger partial charge on any atom is -0.478 e. The van der Waals surface area contributed by atoms with Gasteiger partial charge in [0.1, 0.15) is 0 Å². The molecule has 0 saturated carbocycles. The summed E-state index contributed by atoms with van der Waals surface area (Å²) in [5, 5.41) is 11.5. The van der Waals surface area contributed by atoms with E-state index < -0.39 is 5.97 Å². The molecular formula is C16H19NO4. The first-order valence-corrected chi connectivity index (χ1v) is 6.96. The van der Waals surface area contributed by atoms with E-state index in [-0.39, 0.29) is 11.8 Å². The highest BCUT2D eigenvalue weighted by Crippen LogP contribution is 2.20. The zero-order valence-corrected chi connectivity index (χ0v) is 12.0. The van der Waals surface area contributed by atoms with Crippen LogP contribution in [-0.4, -0.2) is 30.2 Å². The topological polar surface area (TPSA) is 75.6 Å². The number of anilines is 1. The number of hydrogen-bond acceptors (Lipinski definition) is 3. The Morgan fingerprint density at radius 2 is 2.24 bits per heavy atom. The molecule has 1 unspecified atom stereocenters. The van der Waals surface area contributed by atoms with E-state index in [0.717, 1.165) is 36.7 Å². The number of hydrogen-bond donors (Lipinski definition) is 2. The number of aliphatic carboxylic acids is 1. The zero-order valence-electron chi connectivity index (χ0n) is 12.0. The highest BCUT2D eigenvalue weighted by Gasteiger charge is 2.21. The Bertz CT molecular complexity index is 559. The highest BCUT2D eigenvalue weighted by atomic mass is 16.5. The lowest BCUT2D eigenvalue weighted by Crippen LogP contribution is -2.30. The van der Waals surface area contributed by atoms with Crippen molar-refractivity contribution in [2.24, 2.45) is 5.92 Å². The van der Waals surface area contributed by atoms with Crippen molar-refractivity contribution in [1.82, 2.24) is 0 Å². The summed E-state index contributed by atoms with van der Waals surface area (Å²) in [6.07, 6.45) is 4.35. The van der Waals surface area contributed by atoms with Gasteiger partial charge in [0.05, 0.1) is 12.5 Å². The minimum atomic E-state index is -0.997. The van der Waals surface area contributed by atoms with E-state index in [2.05, 4.69) is 5.32 Å². The summed E-state index contributed by atoms with van der Waals surface area (Å²) in [5.74, 6) is -1.16. The Labute approximate surface area is 123 Å². The maximum absolute atomic E-state index is 12.1. The maximum Gasteiger partial charge on any atom is 0.328 e. The molecule has 0 spiro atoms. The molecule has 5 nitrogen and oxygen atoms in total. The van der Waals surface area contributed by atoms with Crippen molar-refractivity contribution in [2.45, 2.75) is 19.8 Å². The number of amides is 1. The van der Waals surface area contributed by atoms with Crippen molar-refractivity contribution in [3.63, 3.8) is 0 Å². The minimum absolute atomic E-state index is 0.0493. The molecule has 1 aliphatic rings. The number of ether oxygens (including phenoxy) is 1. The predicted molar refractivity (Wildman–Crippen MR) is 80.0 cm³/mol. The second kappa shape index (κ2) is 7.04. The number of benzene rings is 1. The third kappa shape index (κ3) is 4.43. The predicted octanol–water partition coefficient (Wildman–Crippen LogP) is 2.46. The average molecular weight is 289 g/mol. The van der Waals surface area contributed by atoms with Gasteiger partial charge in [0.25, 0.3) is 0 Å². The maximum atomic E-state index is 12.1. The molecule has 1 aromatic rings. The Hall–Kier alpha value is -2.14. The molecule has 1 atom stereocenters. The standard InChI is InChI=1S/C16H19NO4/c1-11-4-6-14(9-12(11)5-7-15(18)19)17-16(20)13-3-2-8-21-10-13/h4-7,9,13H,2-3,8,10H2,1H3,(H,17,20)(H,18,19). The smallest absolute Gasteiger partial charge is 0.328 e. The zero-order chi connectivity index (χ0) is 15.2. The fourth-order valence-corrected chi connectivity index (χ4v) is 2.25. The molecule has 112 valence electrons. The van der Waals surface area contributed by atoms with Gasteiger partial charge in [-0.15, -0.1) is 0 Å². The average Bonchev–Trinajstić information content (AvgIpc) is 2.48. The molecule has 0 bridgehead atoms. The number of carbonyl (C=O) groups excluding carboxylic acids is 1. The summed E-state index contributed by atoms with van der Waals surface area (Å²) < 4.78 is 5.31. The molecule has 2 rings (SSSR count). The first-order chi connectivity index (χ1) is 10.1. The van der Waals surface area contributed by atoms with Gasteiger partial charge in [-0.3, -0.25) is 4.79 Å². The highest BCUT2D eigenvalue weighted by molar-refractivity contribution is 5.93. The lowest BCUT2D eigenvalue weighted by Gasteiger charge is -2.21. The van der Waals surface area contributed by atoms with Crippen LogP contribution in [-0.2, 0) is 14.3 Å². The molecule has 1 saturated heterocycles. The van der Waals surface area contributed by atoms with Gasteiger partial charge >= 0.3 is 5.97 Å². The normalized spacial score (nSPS) is 18.6. The third-order valence-corrected chi connectivity index (χ3v) is 3.48. The molecule has 1 heterocycles. The summed E-state index contributed by atoms with van der Waals surface area (Å²) >= 11 is 0. The monoisotopic (exact) mass is 289 g/mol. The van der Waals surface area contributed by atoms with Crippen molar-refractivity contribution in [3.8, 4) is 0 Å². The van der Waals surface area contributed by atoms with Crippen LogP contribution in [0, 0.1) is 12.8 Å². The fourth-order valence-electron chi connectivity index (χ4n) is 2.25. The van der Waals surface area contributed by atoms with Gasteiger partial charge in [0.15, 0.2) is 0 Å². The molecule has 0 aromatic heterocycles. The molecule has 2 N–H and O–H groups in total. The van der Waals surface area contributed by atoms with E-state index in [4.69, 9.17) is 9.84 Å². The number of carbonyl (C=O) groups is 2. The number of aryl methyl sites for hydroxylation is 1. The SMILES string of the molecule is Cc1ccc(NC(=O)C2CCCOC2)cc1C=CC(=O)O. The van der Waals surface area contributed by atoms with Gasteiger partial charge in [0.2, 0.25) is 5.91 Å². The number of nitrogens with one attached hydrogen (secondary N) is 1. The lowest BCUT2D eigenvalue weighted by molar-refractivity contribution is -0.131.